The number of benzene rings is 1. The maximum absolute atomic E-state index is 12.2. The van der Waals surface area contributed by atoms with Gasteiger partial charge in [0, 0.05) is 11.6 Å². The lowest BCUT2D eigenvalue weighted by molar-refractivity contribution is 0.0945. The standard InChI is InChI=1S/C16H13N7O/c24-16(14-10-23(22-20-14)11-5-2-1-3-6-11)18-9-13-12-7-4-8-17-15(12)21-19-13/h1-8,10H,9H2,(H,18,24)(H,17,19,21). The molecule has 1 amide bonds. The number of rotatable bonds is 4. The van der Waals surface area contributed by atoms with Crippen molar-refractivity contribution >= 4 is 16.9 Å². The van der Waals surface area contributed by atoms with E-state index in [9.17, 15) is 4.79 Å². The molecule has 0 aliphatic rings. The lowest BCUT2D eigenvalue weighted by Gasteiger charge is -2.01. The number of fused-ring (bicyclic) bond motifs is 1. The lowest BCUT2D eigenvalue weighted by atomic mass is 10.2. The van der Waals surface area contributed by atoms with Crippen LogP contribution in [0.25, 0.3) is 16.7 Å². The summed E-state index contributed by atoms with van der Waals surface area (Å²) in [6.07, 6.45) is 3.27. The van der Waals surface area contributed by atoms with Crippen LogP contribution in [0.1, 0.15) is 16.2 Å². The van der Waals surface area contributed by atoms with E-state index >= 15 is 0 Å². The Morgan fingerprint density at radius 1 is 1.17 bits per heavy atom. The molecule has 0 aliphatic carbocycles. The Labute approximate surface area is 136 Å². The minimum atomic E-state index is -0.302. The number of para-hydroxylation sites is 1. The van der Waals surface area contributed by atoms with Gasteiger partial charge in [-0.05, 0) is 24.3 Å². The van der Waals surface area contributed by atoms with Gasteiger partial charge in [-0.25, -0.2) is 9.67 Å². The van der Waals surface area contributed by atoms with Crippen LogP contribution in [0.3, 0.4) is 0 Å². The summed E-state index contributed by atoms with van der Waals surface area (Å²) in [6, 6.07) is 13.2. The first-order chi connectivity index (χ1) is 11.8. The second-order valence-corrected chi connectivity index (χ2v) is 5.14. The number of nitrogens with zero attached hydrogens (tertiary/aromatic N) is 5. The van der Waals surface area contributed by atoms with Crippen LogP contribution in [-0.4, -0.2) is 36.1 Å². The van der Waals surface area contributed by atoms with Gasteiger partial charge in [0.1, 0.15) is 0 Å². The molecule has 118 valence electrons. The van der Waals surface area contributed by atoms with Gasteiger partial charge in [0.05, 0.1) is 24.1 Å². The number of hydrogen-bond acceptors (Lipinski definition) is 5. The Balaban J connectivity index is 1.48. The molecule has 1 aromatic carbocycles. The molecule has 2 N–H and O–H groups in total. The van der Waals surface area contributed by atoms with Crippen molar-refractivity contribution in [2.75, 3.05) is 0 Å². The lowest BCUT2D eigenvalue weighted by Crippen LogP contribution is -2.23. The molecule has 3 heterocycles. The smallest absolute Gasteiger partial charge is 0.273 e. The number of nitrogens with one attached hydrogen (secondary N) is 2. The monoisotopic (exact) mass is 319 g/mol. The van der Waals surface area contributed by atoms with Crippen LogP contribution in [0, 0.1) is 0 Å². The Morgan fingerprint density at radius 2 is 2.04 bits per heavy atom. The first kappa shape index (κ1) is 14.1. The molecule has 0 spiro atoms. The van der Waals surface area contributed by atoms with Crippen LogP contribution < -0.4 is 5.32 Å². The van der Waals surface area contributed by atoms with E-state index in [4.69, 9.17) is 0 Å². The van der Waals surface area contributed by atoms with Gasteiger partial charge in [-0.1, -0.05) is 23.4 Å². The quantitative estimate of drug-likeness (QED) is 0.593. The Morgan fingerprint density at radius 3 is 2.92 bits per heavy atom. The van der Waals surface area contributed by atoms with Gasteiger partial charge in [-0.2, -0.15) is 5.10 Å². The van der Waals surface area contributed by atoms with E-state index in [2.05, 4.69) is 30.8 Å². The molecule has 8 nitrogen and oxygen atoms in total. The number of hydrogen-bond donors (Lipinski definition) is 2. The Hall–Kier alpha value is -3.55. The topological polar surface area (TPSA) is 101 Å². The molecule has 4 rings (SSSR count). The summed E-state index contributed by atoms with van der Waals surface area (Å²) in [5.74, 6) is -0.302. The molecule has 3 aromatic heterocycles. The highest BCUT2D eigenvalue weighted by Gasteiger charge is 2.13. The average Bonchev–Trinajstić information content (AvgIpc) is 3.28. The van der Waals surface area contributed by atoms with Crippen molar-refractivity contribution in [2.24, 2.45) is 0 Å². The van der Waals surface area contributed by atoms with E-state index in [1.165, 1.54) is 0 Å². The van der Waals surface area contributed by atoms with Crippen LogP contribution >= 0.6 is 0 Å². The molecule has 0 unspecified atom stereocenters. The predicted octanol–water partition coefficient (Wildman–Crippen LogP) is 1.47. The molecular formula is C16H13N7O. The van der Waals surface area contributed by atoms with Gasteiger partial charge >= 0.3 is 0 Å². The molecule has 8 heteroatoms. The maximum Gasteiger partial charge on any atom is 0.273 e. The highest BCUT2D eigenvalue weighted by molar-refractivity contribution is 5.92. The molecular weight excluding hydrogens is 306 g/mol. The maximum atomic E-state index is 12.2. The van der Waals surface area contributed by atoms with Crippen molar-refractivity contribution in [1.29, 1.82) is 0 Å². The molecule has 0 saturated carbocycles. The summed E-state index contributed by atoms with van der Waals surface area (Å²) in [5, 5.41) is 18.6. The zero-order valence-corrected chi connectivity index (χ0v) is 12.5. The summed E-state index contributed by atoms with van der Waals surface area (Å²) in [5.41, 5.74) is 2.51. The summed E-state index contributed by atoms with van der Waals surface area (Å²) in [6.45, 7) is 0.305. The summed E-state index contributed by atoms with van der Waals surface area (Å²) >= 11 is 0. The fourth-order valence-electron chi connectivity index (χ4n) is 2.37. The second kappa shape index (κ2) is 5.92. The second-order valence-electron chi connectivity index (χ2n) is 5.14. The van der Waals surface area contributed by atoms with E-state index in [1.54, 1.807) is 17.1 Å². The van der Waals surface area contributed by atoms with E-state index in [1.807, 2.05) is 42.5 Å². The van der Waals surface area contributed by atoms with Crippen LogP contribution in [0.15, 0.2) is 54.9 Å². The molecule has 24 heavy (non-hydrogen) atoms. The molecule has 0 aliphatic heterocycles. The third kappa shape index (κ3) is 2.60. The van der Waals surface area contributed by atoms with Crippen LogP contribution in [0.2, 0.25) is 0 Å². The van der Waals surface area contributed by atoms with Crippen molar-refractivity contribution in [2.45, 2.75) is 6.54 Å². The number of aromatic nitrogens is 6. The zero-order chi connectivity index (χ0) is 16.4. The third-order valence-corrected chi connectivity index (χ3v) is 3.58. The number of carbonyl (C=O) groups excluding carboxylic acids is 1. The molecule has 0 saturated heterocycles. The fraction of sp³-hybridized carbons (Fsp3) is 0.0625. The van der Waals surface area contributed by atoms with E-state index in [-0.39, 0.29) is 11.6 Å². The first-order valence-electron chi connectivity index (χ1n) is 7.35. The summed E-state index contributed by atoms with van der Waals surface area (Å²) in [4.78, 5) is 16.4. The van der Waals surface area contributed by atoms with Gasteiger partial charge in [0.2, 0.25) is 0 Å². The van der Waals surface area contributed by atoms with Gasteiger partial charge in [0.25, 0.3) is 5.91 Å². The molecule has 0 bridgehead atoms. The number of pyridine rings is 1. The van der Waals surface area contributed by atoms with Crippen LogP contribution in [-0.2, 0) is 6.54 Å². The largest absolute Gasteiger partial charge is 0.345 e. The van der Waals surface area contributed by atoms with Crippen LogP contribution in [0.5, 0.6) is 0 Å². The highest BCUT2D eigenvalue weighted by atomic mass is 16.2. The third-order valence-electron chi connectivity index (χ3n) is 3.58. The van der Waals surface area contributed by atoms with Crippen molar-refractivity contribution in [3.63, 3.8) is 0 Å². The molecule has 0 fully saturated rings. The van der Waals surface area contributed by atoms with Crippen molar-refractivity contribution in [3.8, 4) is 5.69 Å². The number of amides is 1. The Kier molecular flexibility index (Phi) is 3.47. The van der Waals surface area contributed by atoms with Crippen molar-refractivity contribution in [1.82, 2.24) is 35.5 Å². The van der Waals surface area contributed by atoms with Crippen LogP contribution in [0.4, 0.5) is 0 Å². The number of carbonyl (C=O) groups is 1. The Bertz CT molecular complexity index is 990. The normalized spacial score (nSPS) is 10.8. The summed E-state index contributed by atoms with van der Waals surface area (Å²) in [7, 11) is 0. The molecule has 0 atom stereocenters. The van der Waals surface area contributed by atoms with E-state index in [0.717, 1.165) is 16.8 Å². The number of aromatic amines is 1. The van der Waals surface area contributed by atoms with Crippen molar-refractivity contribution < 1.29 is 4.79 Å². The SMILES string of the molecule is O=C(NCc1[nH]nc2ncccc12)c1cn(-c2ccccc2)nn1. The van der Waals surface area contributed by atoms with Gasteiger partial charge in [-0.3, -0.25) is 9.89 Å². The van der Waals surface area contributed by atoms with Gasteiger partial charge < -0.3 is 5.32 Å². The van der Waals surface area contributed by atoms with Gasteiger partial charge in [-0.15, -0.1) is 5.10 Å². The first-order valence-corrected chi connectivity index (χ1v) is 7.35. The number of H-pyrrole nitrogens is 1. The zero-order valence-electron chi connectivity index (χ0n) is 12.5. The minimum absolute atomic E-state index is 0.251. The van der Waals surface area contributed by atoms with Gasteiger partial charge in [0.15, 0.2) is 11.3 Å². The summed E-state index contributed by atoms with van der Waals surface area (Å²) < 4.78 is 1.56. The average molecular weight is 319 g/mol. The van der Waals surface area contributed by atoms with Crippen molar-refractivity contribution in [3.05, 3.63) is 66.2 Å². The van der Waals surface area contributed by atoms with E-state index < -0.39 is 0 Å². The highest BCUT2D eigenvalue weighted by Crippen LogP contribution is 2.12. The van der Waals surface area contributed by atoms with E-state index in [0.29, 0.717) is 12.2 Å². The fourth-order valence-corrected chi connectivity index (χ4v) is 2.37. The molecule has 4 aromatic rings. The predicted molar refractivity (Wildman–Crippen MR) is 86.4 cm³/mol. The minimum Gasteiger partial charge on any atom is -0.345 e. The molecule has 0 radical (unpaired) electrons.